The molecule has 0 bridgehead atoms. The lowest BCUT2D eigenvalue weighted by Gasteiger charge is -2.39. The maximum absolute atomic E-state index is 4.43. The lowest BCUT2D eigenvalue weighted by Crippen LogP contribution is -2.44. The second-order valence-electron chi connectivity index (χ2n) is 4.22. The molecule has 1 aromatic rings. The fraction of sp³-hybridized carbons (Fsp3) is 0.583. The zero-order valence-electron chi connectivity index (χ0n) is 8.98. The molecule has 1 aromatic heterocycles. The van der Waals surface area contributed by atoms with Crippen molar-refractivity contribution in [3.8, 4) is 0 Å². The van der Waals surface area contributed by atoms with E-state index in [0.29, 0.717) is 12.1 Å². The molecule has 0 radical (unpaired) electrons. The summed E-state index contributed by atoms with van der Waals surface area (Å²) >= 11 is 0. The third kappa shape index (κ3) is 1.74. The van der Waals surface area contributed by atoms with Crippen LogP contribution in [0.4, 0.5) is 5.82 Å². The van der Waals surface area contributed by atoms with Crippen LogP contribution in [0.2, 0.25) is 0 Å². The molecule has 1 aliphatic rings. The van der Waals surface area contributed by atoms with E-state index in [9.17, 15) is 0 Å². The van der Waals surface area contributed by atoms with Gasteiger partial charge in [-0.05, 0) is 45.2 Å². The van der Waals surface area contributed by atoms with Gasteiger partial charge in [-0.15, -0.1) is 0 Å². The van der Waals surface area contributed by atoms with Crippen molar-refractivity contribution in [3.05, 3.63) is 24.4 Å². The first-order valence-electron chi connectivity index (χ1n) is 5.48. The van der Waals surface area contributed by atoms with Gasteiger partial charge in [0.25, 0.3) is 0 Å². The minimum Gasteiger partial charge on any atom is -0.351 e. The third-order valence-corrected chi connectivity index (χ3v) is 3.11. The molecule has 0 aliphatic carbocycles. The molecule has 76 valence electrons. The van der Waals surface area contributed by atoms with Crippen LogP contribution in [-0.2, 0) is 0 Å². The molecule has 0 aromatic carbocycles. The first-order chi connectivity index (χ1) is 6.79. The average molecular weight is 190 g/mol. The van der Waals surface area contributed by atoms with E-state index in [4.69, 9.17) is 0 Å². The van der Waals surface area contributed by atoms with Crippen LogP contribution in [0.3, 0.4) is 0 Å². The molecule has 0 saturated carbocycles. The van der Waals surface area contributed by atoms with Crippen LogP contribution in [0.1, 0.15) is 33.1 Å². The van der Waals surface area contributed by atoms with Gasteiger partial charge >= 0.3 is 0 Å². The Hall–Kier alpha value is -1.05. The summed E-state index contributed by atoms with van der Waals surface area (Å²) in [7, 11) is 0. The number of piperidine rings is 1. The average Bonchev–Trinajstić information content (AvgIpc) is 2.19. The van der Waals surface area contributed by atoms with Gasteiger partial charge in [0.2, 0.25) is 0 Å². The molecule has 1 fully saturated rings. The Bertz CT molecular complexity index is 274. The van der Waals surface area contributed by atoms with E-state index in [1.165, 1.54) is 19.3 Å². The van der Waals surface area contributed by atoms with Crippen LogP contribution in [0.25, 0.3) is 0 Å². The maximum atomic E-state index is 4.43. The summed E-state index contributed by atoms with van der Waals surface area (Å²) in [5, 5.41) is 0. The first-order valence-corrected chi connectivity index (χ1v) is 5.48. The SMILES string of the molecule is C[C@@H]1CCC[C@H](C)N1c1ccccn1. The molecule has 2 heterocycles. The molecule has 0 unspecified atom stereocenters. The molecule has 2 atom stereocenters. The highest BCUT2D eigenvalue weighted by Crippen LogP contribution is 2.26. The number of rotatable bonds is 1. The first kappa shape index (κ1) is 9.50. The Kier molecular flexibility index (Phi) is 2.71. The molecular weight excluding hydrogens is 172 g/mol. The molecule has 0 spiro atoms. The molecule has 1 saturated heterocycles. The van der Waals surface area contributed by atoms with Gasteiger partial charge in [-0.25, -0.2) is 4.98 Å². The summed E-state index contributed by atoms with van der Waals surface area (Å²) in [5.74, 6) is 1.13. The monoisotopic (exact) mass is 190 g/mol. The van der Waals surface area contributed by atoms with Gasteiger partial charge in [-0.1, -0.05) is 6.07 Å². The van der Waals surface area contributed by atoms with E-state index < -0.39 is 0 Å². The number of nitrogens with zero attached hydrogens (tertiary/aromatic N) is 2. The predicted octanol–water partition coefficient (Wildman–Crippen LogP) is 2.85. The second-order valence-corrected chi connectivity index (χ2v) is 4.22. The standard InChI is InChI=1S/C12H18N2/c1-10-6-5-7-11(2)14(10)12-8-3-4-9-13-12/h3-4,8-11H,5-7H2,1-2H3/t10-,11+. The minimum atomic E-state index is 0.633. The number of hydrogen-bond acceptors (Lipinski definition) is 2. The van der Waals surface area contributed by atoms with Gasteiger partial charge in [-0.3, -0.25) is 0 Å². The summed E-state index contributed by atoms with van der Waals surface area (Å²) in [4.78, 5) is 6.88. The summed E-state index contributed by atoms with van der Waals surface area (Å²) in [6.07, 6.45) is 5.82. The normalized spacial score (nSPS) is 27.7. The van der Waals surface area contributed by atoms with Gasteiger partial charge in [0.05, 0.1) is 0 Å². The number of anilines is 1. The third-order valence-electron chi connectivity index (χ3n) is 3.11. The predicted molar refractivity (Wildman–Crippen MR) is 59.5 cm³/mol. The number of hydrogen-bond donors (Lipinski definition) is 0. The maximum Gasteiger partial charge on any atom is 0.128 e. The number of pyridine rings is 1. The topological polar surface area (TPSA) is 16.1 Å². The van der Waals surface area contributed by atoms with Crippen molar-refractivity contribution in [1.82, 2.24) is 4.98 Å². The highest BCUT2D eigenvalue weighted by Gasteiger charge is 2.25. The summed E-state index contributed by atoms with van der Waals surface area (Å²) < 4.78 is 0. The van der Waals surface area contributed by atoms with Gasteiger partial charge in [-0.2, -0.15) is 0 Å². The second kappa shape index (κ2) is 3.99. The van der Waals surface area contributed by atoms with Crippen LogP contribution < -0.4 is 4.90 Å². The highest BCUT2D eigenvalue weighted by molar-refractivity contribution is 5.40. The molecule has 14 heavy (non-hydrogen) atoms. The van der Waals surface area contributed by atoms with Crippen molar-refractivity contribution >= 4 is 5.82 Å². The Morgan fingerprint density at radius 3 is 2.50 bits per heavy atom. The van der Waals surface area contributed by atoms with Crippen LogP contribution in [0.5, 0.6) is 0 Å². The molecule has 2 rings (SSSR count). The Balaban J connectivity index is 2.23. The molecule has 2 heteroatoms. The Labute approximate surface area is 86.0 Å². The van der Waals surface area contributed by atoms with Crippen molar-refractivity contribution in [2.45, 2.75) is 45.2 Å². The molecule has 0 amide bonds. The fourth-order valence-corrected chi connectivity index (χ4v) is 2.38. The van der Waals surface area contributed by atoms with Crippen LogP contribution in [-0.4, -0.2) is 17.1 Å². The van der Waals surface area contributed by atoms with E-state index in [1.807, 2.05) is 12.3 Å². The van der Waals surface area contributed by atoms with Crippen molar-refractivity contribution in [2.24, 2.45) is 0 Å². The summed E-state index contributed by atoms with van der Waals surface area (Å²) in [6, 6.07) is 7.42. The smallest absolute Gasteiger partial charge is 0.128 e. The van der Waals surface area contributed by atoms with Crippen molar-refractivity contribution in [1.29, 1.82) is 0 Å². The van der Waals surface area contributed by atoms with E-state index in [2.05, 4.69) is 35.9 Å². The van der Waals surface area contributed by atoms with Gasteiger partial charge in [0.1, 0.15) is 5.82 Å². The van der Waals surface area contributed by atoms with Crippen molar-refractivity contribution in [3.63, 3.8) is 0 Å². The Morgan fingerprint density at radius 2 is 1.93 bits per heavy atom. The quantitative estimate of drug-likeness (QED) is 0.677. The van der Waals surface area contributed by atoms with Crippen LogP contribution in [0.15, 0.2) is 24.4 Å². The van der Waals surface area contributed by atoms with E-state index in [-0.39, 0.29) is 0 Å². The molecule has 1 aliphatic heterocycles. The molecule has 0 N–H and O–H groups in total. The largest absolute Gasteiger partial charge is 0.351 e. The lowest BCUT2D eigenvalue weighted by atomic mass is 9.97. The van der Waals surface area contributed by atoms with Crippen molar-refractivity contribution < 1.29 is 0 Å². The highest BCUT2D eigenvalue weighted by atomic mass is 15.2. The minimum absolute atomic E-state index is 0.633. The van der Waals surface area contributed by atoms with Crippen LogP contribution in [0, 0.1) is 0 Å². The zero-order chi connectivity index (χ0) is 9.97. The summed E-state index contributed by atoms with van der Waals surface area (Å²) in [5.41, 5.74) is 0. The van der Waals surface area contributed by atoms with E-state index >= 15 is 0 Å². The van der Waals surface area contributed by atoms with Crippen LogP contribution >= 0.6 is 0 Å². The summed E-state index contributed by atoms with van der Waals surface area (Å²) in [6.45, 7) is 4.59. The van der Waals surface area contributed by atoms with Crippen molar-refractivity contribution in [2.75, 3.05) is 4.90 Å². The molecule has 2 nitrogen and oxygen atoms in total. The molecular formula is C12H18N2. The van der Waals surface area contributed by atoms with Gasteiger partial charge < -0.3 is 4.90 Å². The lowest BCUT2D eigenvalue weighted by molar-refractivity contribution is 0.411. The van der Waals surface area contributed by atoms with E-state index in [0.717, 1.165) is 5.82 Å². The zero-order valence-corrected chi connectivity index (χ0v) is 8.98. The van der Waals surface area contributed by atoms with Gasteiger partial charge in [0.15, 0.2) is 0 Å². The number of aromatic nitrogens is 1. The van der Waals surface area contributed by atoms with E-state index in [1.54, 1.807) is 0 Å². The Morgan fingerprint density at radius 1 is 1.21 bits per heavy atom. The fourth-order valence-electron chi connectivity index (χ4n) is 2.38. The van der Waals surface area contributed by atoms with Gasteiger partial charge in [0, 0.05) is 18.3 Å².